The highest BCUT2D eigenvalue weighted by Crippen LogP contribution is 2.39. The Morgan fingerprint density at radius 3 is 2.64 bits per heavy atom. The number of nitrogens with zero attached hydrogens (tertiary/aromatic N) is 2. The average Bonchev–Trinajstić information content (AvgIpc) is 3.31. The Hall–Kier alpha value is -1.91. The van der Waals surface area contributed by atoms with Gasteiger partial charge in [-0.2, -0.15) is 0 Å². The van der Waals surface area contributed by atoms with Crippen molar-refractivity contribution < 1.29 is 9.59 Å². The molecule has 0 saturated heterocycles. The lowest BCUT2D eigenvalue weighted by molar-refractivity contribution is -0.133. The van der Waals surface area contributed by atoms with E-state index in [0.717, 1.165) is 12.0 Å². The second-order valence-corrected chi connectivity index (χ2v) is 6.45. The molecule has 120 valence electrons. The average molecular weight is 303 g/mol. The zero-order valence-electron chi connectivity index (χ0n) is 13.6. The van der Waals surface area contributed by atoms with Crippen LogP contribution in [-0.2, 0) is 16.0 Å². The first-order valence-electron chi connectivity index (χ1n) is 7.90. The van der Waals surface area contributed by atoms with Gasteiger partial charge in [-0.1, -0.05) is 13.8 Å². The summed E-state index contributed by atoms with van der Waals surface area (Å²) in [7, 11) is 1.81. The highest BCUT2D eigenvalue weighted by Gasteiger charge is 2.48. The first-order valence-corrected chi connectivity index (χ1v) is 7.90. The number of carbonyl (C=O) groups excluding carboxylic acids is 2. The molecule has 5 nitrogen and oxygen atoms in total. The number of aromatic nitrogens is 1. The van der Waals surface area contributed by atoms with E-state index in [1.165, 1.54) is 0 Å². The van der Waals surface area contributed by atoms with Gasteiger partial charge in [0.05, 0.1) is 11.8 Å². The topological polar surface area (TPSA) is 62.3 Å². The van der Waals surface area contributed by atoms with Gasteiger partial charge in [-0.15, -0.1) is 0 Å². The fraction of sp³-hybridized carbons (Fsp3) is 0.588. The second-order valence-electron chi connectivity index (χ2n) is 6.45. The van der Waals surface area contributed by atoms with E-state index in [2.05, 4.69) is 24.1 Å². The minimum atomic E-state index is -0.130. The molecule has 2 atom stereocenters. The molecule has 5 heteroatoms. The van der Waals surface area contributed by atoms with E-state index in [9.17, 15) is 9.59 Å². The molecule has 1 aromatic heterocycles. The Morgan fingerprint density at radius 1 is 1.32 bits per heavy atom. The number of hydrogen-bond donors (Lipinski definition) is 1. The Labute approximate surface area is 132 Å². The van der Waals surface area contributed by atoms with Crippen molar-refractivity contribution in [2.75, 3.05) is 20.1 Å². The van der Waals surface area contributed by atoms with E-state index in [0.29, 0.717) is 25.4 Å². The summed E-state index contributed by atoms with van der Waals surface area (Å²) in [5.41, 5.74) is 1.16. The molecule has 2 rings (SSSR count). The molecule has 1 saturated carbocycles. The van der Waals surface area contributed by atoms with Gasteiger partial charge in [0.15, 0.2) is 0 Å². The minimum Gasteiger partial charge on any atom is -0.356 e. The first kappa shape index (κ1) is 16.5. The summed E-state index contributed by atoms with van der Waals surface area (Å²) in [6.45, 7) is 5.46. The van der Waals surface area contributed by atoms with E-state index in [4.69, 9.17) is 0 Å². The number of carbonyl (C=O) groups is 2. The van der Waals surface area contributed by atoms with E-state index in [1.54, 1.807) is 17.3 Å². The van der Waals surface area contributed by atoms with Crippen LogP contribution in [0.2, 0.25) is 0 Å². The van der Waals surface area contributed by atoms with E-state index in [-0.39, 0.29) is 23.7 Å². The molecule has 1 aliphatic carbocycles. The number of rotatable bonds is 7. The van der Waals surface area contributed by atoms with Crippen molar-refractivity contribution in [2.45, 2.75) is 26.7 Å². The monoisotopic (exact) mass is 303 g/mol. The smallest absolute Gasteiger partial charge is 0.226 e. The largest absolute Gasteiger partial charge is 0.356 e. The SMILES string of the molecule is CC(C)CNC(=O)C1CC1C(=O)N(C)CCc1ccncc1. The van der Waals surface area contributed by atoms with Crippen LogP contribution < -0.4 is 5.32 Å². The Bertz CT molecular complexity index is 516. The highest BCUT2D eigenvalue weighted by atomic mass is 16.2. The van der Waals surface area contributed by atoms with Crippen LogP contribution in [0.4, 0.5) is 0 Å². The third kappa shape index (κ3) is 4.55. The normalized spacial score (nSPS) is 19.8. The number of likely N-dealkylation sites (N-methyl/N-ethyl adjacent to an activating group) is 1. The Morgan fingerprint density at radius 2 is 2.00 bits per heavy atom. The zero-order chi connectivity index (χ0) is 16.1. The molecule has 2 amide bonds. The van der Waals surface area contributed by atoms with Gasteiger partial charge in [0.2, 0.25) is 11.8 Å². The summed E-state index contributed by atoms with van der Waals surface area (Å²) >= 11 is 0. The maximum Gasteiger partial charge on any atom is 0.226 e. The molecule has 0 bridgehead atoms. The van der Waals surface area contributed by atoms with Crippen LogP contribution in [0, 0.1) is 17.8 Å². The molecule has 1 heterocycles. The van der Waals surface area contributed by atoms with E-state index < -0.39 is 0 Å². The van der Waals surface area contributed by atoms with Crippen molar-refractivity contribution in [2.24, 2.45) is 17.8 Å². The van der Waals surface area contributed by atoms with E-state index >= 15 is 0 Å². The Kier molecular flexibility index (Phi) is 5.52. The molecule has 0 aromatic carbocycles. The molecule has 0 spiro atoms. The van der Waals surface area contributed by atoms with Crippen LogP contribution in [0.25, 0.3) is 0 Å². The number of amides is 2. The molecule has 2 unspecified atom stereocenters. The summed E-state index contributed by atoms with van der Waals surface area (Å²) in [5.74, 6) is 0.275. The fourth-order valence-corrected chi connectivity index (χ4v) is 2.43. The molecule has 0 aliphatic heterocycles. The lowest BCUT2D eigenvalue weighted by Gasteiger charge is -2.17. The van der Waals surface area contributed by atoms with Crippen molar-refractivity contribution >= 4 is 11.8 Å². The third-order valence-electron chi connectivity index (χ3n) is 3.99. The van der Waals surface area contributed by atoms with Crippen LogP contribution in [-0.4, -0.2) is 41.8 Å². The lowest BCUT2D eigenvalue weighted by Crippen LogP contribution is -2.33. The Balaban J connectivity index is 1.74. The minimum absolute atomic E-state index is 0.0228. The van der Waals surface area contributed by atoms with Gasteiger partial charge in [-0.25, -0.2) is 0 Å². The van der Waals surface area contributed by atoms with Crippen molar-refractivity contribution in [3.8, 4) is 0 Å². The maximum atomic E-state index is 12.3. The van der Waals surface area contributed by atoms with Crippen LogP contribution >= 0.6 is 0 Å². The van der Waals surface area contributed by atoms with Crippen molar-refractivity contribution in [1.82, 2.24) is 15.2 Å². The van der Waals surface area contributed by atoms with Crippen LogP contribution in [0.15, 0.2) is 24.5 Å². The van der Waals surface area contributed by atoms with Gasteiger partial charge in [-0.05, 0) is 36.5 Å². The molecule has 22 heavy (non-hydrogen) atoms. The van der Waals surface area contributed by atoms with Crippen molar-refractivity contribution in [3.63, 3.8) is 0 Å². The van der Waals surface area contributed by atoms with Gasteiger partial charge in [-0.3, -0.25) is 14.6 Å². The van der Waals surface area contributed by atoms with Gasteiger partial charge >= 0.3 is 0 Å². The third-order valence-corrected chi connectivity index (χ3v) is 3.99. The van der Waals surface area contributed by atoms with E-state index in [1.807, 2.05) is 19.2 Å². The van der Waals surface area contributed by atoms with Crippen LogP contribution in [0.1, 0.15) is 25.8 Å². The lowest BCUT2D eigenvalue weighted by atomic mass is 10.2. The van der Waals surface area contributed by atoms with Crippen LogP contribution in [0.5, 0.6) is 0 Å². The maximum absolute atomic E-state index is 12.3. The standard InChI is InChI=1S/C17H25N3O2/c1-12(2)11-19-16(21)14-10-15(14)17(22)20(3)9-6-13-4-7-18-8-5-13/h4-5,7-8,12,14-15H,6,9-11H2,1-3H3,(H,19,21). The predicted molar refractivity (Wildman–Crippen MR) is 85.0 cm³/mol. The summed E-state index contributed by atoms with van der Waals surface area (Å²) in [6.07, 6.45) is 5.00. The number of pyridine rings is 1. The quantitative estimate of drug-likeness (QED) is 0.830. The molecular weight excluding hydrogens is 278 g/mol. The molecule has 1 fully saturated rings. The zero-order valence-corrected chi connectivity index (χ0v) is 13.6. The van der Waals surface area contributed by atoms with Crippen molar-refractivity contribution in [3.05, 3.63) is 30.1 Å². The summed E-state index contributed by atoms with van der Waals surface area (Å²) in [5, 5.41) is 2.91. The fourth-order valence-electron chi connectivity index (χ4n) is 2.43. The van der Waals surface area contributed by atoms with Crippen LogP contribution in [0.3, 0.4) is 0 Å². The summed E-state index contributed by atoms with van der Waals surface area (Å²) < 4.78 is 0. The first-order chi connectivity index (χ1) is 10.5. The summed E-state index contributed by atoms with van der Waals surface area (Å²) in [6, 6.07) is 3.91. The van der Waals surface area contributed by atoms with Gasteiger partial charge in [0.25, 0.3) is 0 Å². The number of nitrogens with one attached hydrogen (secondary N) is 1. The van der Waals surface area contributed by atoms with Crippen molar-refractivity contribution in [1.29, 1.82) is 0 Å². The molecule has 1 aromatic rings. The van der Waals surface area contributed by atoms with Gasteiger partial charge in [0.1, 0.15) is 0 Å². The predicted octanol–water partition coefficient (Wildman–Crippen LogP) is 1.49. The highest BCUT2D eigenvalue weighted by molar-refractivity contribution is 5.92. The summed E-state index contributed by atoms with van der Waals surface area (Å²) in [4.78, 5) is 30.0. The van der Waals surface area contributed by atoms with Gasteiger partial charge in [0, 0.05) is 32.5 Å². The molecular formula is C17H25N3O2. The molecule has 1 N–H and O–H groups in total. The molecule has 1 aliphatic rings. The molecule has 0 radical (unpaired) electrons. The van der Waals surface area contributed by atoms with Gasteiger partial charge < -0.3 is 10.2 Å². The second kappa shape index (κ2) is 7.38. The number of hydrogen-bond acceptors (Lipinski definition) is 3.